The lowest BCUT2D eigenvalue weighted by molar-refractivity contribution is -0.687. The molecule has 0 aliphatic carbocycles. The number of methoxy groups -OCH3 is 1. The average molecular weight is 709 g/mol. The van der Waals surface area contributed by atoms with Crippen LogP contribution in [0.3, 0.4) is 0 Å². The quantitative estimate of drug-likeness (QED) is 0.106. The highest BCUT2D eigenvalue weighted by Crippen LogP contribution is 2.58. The Morgan fingerprint density at radius 1 is 0.721 bits per heavy atom. The topological polar surface area (TPSA) is 18.0 Å². The number of hydrogen-bond donors (Lipinski definition) is 0. The Morgan fingerprint density at radius 3 is 1.79 bits per heavy atom. The largest absolute Gasteiger partial charge is 1.00 e. The first kappa shape index (κ1) is 38.9. The van der Waals surface area contributed by atoms with E-state index in [1.54, 1.807) is 6.07 Å². The number of halogens is 13. The Bertz CT molecular complexity index is 1120. The third-order valence-corrected chi connectivity index (χ3v) is 6.85. The van der Waals surface area contributed by atoms with Crippen molar-refractivity contribution >= 4 is 0 Å². The van der Waals surface area contributed by atoms with E-state index in [0.717, 1.165) is 32.2 Å². The zero-order chi connectivity index (χ0) is 31.8. The van der Waals surface area contributed by atoms with Crippen LogP contribution in [0.5, 0.6) is 5.75 Å². The van der Waals surface area contributed by atoms with Gasteiger partial charge in [0.2, 0.25) is 6.33 Å². The molecule has 0 saturated heterocycles. The predicted molar refractivity (Wildman–Crippen MR) is 129 cm³/mol. The first-order chi connectivity index (χ1) is 19.4. The molecule has 2 aromatic rings. The highest BCUT2D eigenvalue weighted by Gasteiger charge is 2.86. The van der Waals surface area contributed by atoms with Crippen LogP contribution >= 0.6 is 0 Å². The van der Waals surface area contributed by atoms with E-state index in [2.05, 4.69) is 0 Å². The van der Waals surface area contributed by atoms with Crippen molar-refractivity contribution in [1.82, 2.24) is 4.57 Å². The van der Waals surface area contributed by atoms with E-state index in [0.29, 0.717) is 30.7 Å². The fourth-order valence-electron chi connectivity index (χ4n) is 4.37. The molecular formula is C27H33BrF12N2O. The second kappa shape index (κ2) is 15.7. The second-order valence-corrected chi connectivity index (χ2v) is 10.1. The highest BCUT2D eigenvalue weighted by atomic mass is 79.9. The van der Waals surface area contributed by atoms with Crippen LogP contribution in [0.1, 0.15) is 69.8 Å². The predicted octanol–water partition coefficient (Wildman–Crippen LogP) is 5.98. The van der Waals surface area contributed by atoms with Gasteiger partial charge in [-0.15, -0.1) is 0 Å². The Labute approximate surface area is 252 Å². The Morgan fingerprint density at radius 2 is 1.26 bits per heavy atom. The summed E-state index contributed by atoms with van der Waals surface area (Å²) in [5.74, 6) is -27.1. The van der Waals surface area contributed by atoms with Gasteiger partial charge in [-0.3, -0.25) is 0 Å². The summed E-state index contributed by atoms with van der Waals surface area (Å²) in [6.07, 6.45) is 0.523. The fraction of sp³-hybridized carbons (Fsp3) is 0.667. The monoisotopic (exact) mass is 708 g/mol. The zero-order valence-electron chi connectivity index (χ0n) is 23.2. The summed E-state index contributed by atoms with van der Waals surface area (Å²) in [7, 11) is 1.51. The van der Waals surface area contributed by atoms with Crippen molar-refractivity contribution in [2.24, 2.45) is 0 Å². The summed E-state index contributed by atoms with van der Waals surface area (Å²) < 4.78 is 166. The van der Waals surface area contributed by atoms with Crippen molar-refractivity contribution in [1.29, 1.82) is 0 Å². The minimum Gasteiger partial charge on any atom is -1.00 e. The van der Waals surface area contributed by atoms with Gasteiger partial charge in [-0.2, -0.15) is 48.3 Å². The maximum atomic E-state index is 13.7. The molecule has 2 rings (SSSR count). The van der Waals surface area contributed by atoms with Gasteiger partial charge in [-0.1, -0.05) is 38.5 Å². The summed E-state index contributed by atoms with van der Waals surface area (Å²) in [5.41, 5.74) is 0.694. The number of benzene rings is 1. The zero-order valence-corrected chi connectivity index (χ0v) is 24.8. The lowest BCUT2D eigenvalue weighted by atomic mass is 9.94. The molecule has 0 bridgehead atoms. The van der Waals surface area contributed by atoms with Crippen LogP contribution in [0.2, 0.25) is 0 Å². The molecule has 0 fully saturated rings. The molecule has 43 heavy (non-hydrogen) atoms. The van der Waals surface area contributed by atoms with Gasteiger partial charge in [0.1, 0.15) is 30.5 Å². The van der Waals surface area contributed by atoms with E-state index >= 15 is 0 Å². The molecule has 0 saturated carbocycles. The number of unbranched alkanes of at least 4 members (excludes halogenated alkanes) is 8. The lowest BCUT2D eigenvalue weighted by Crippen LogP contribution is -3.00. The average Bonchev–Trinajstić information content (AvgIpc) is 3.33. The van der Waals surface area contributed by atoms with Gasteiger partial charge in [-0.05, 0) is 37.5 Å². The van der Waals surface area contributed by atoms with E-state index in [1.807, 2.05) is 27.9 Å². The van der Waals surface area contributed by atoms with Crippen molar-refractivity contribution in [2.75, 3.05) is 7.11 Å². The molecule has 3 nitrogen and oxygen atoms in total. The highest BCUT2D eigenvalue weighted by molar-refractivity contribution is 5.33. The van der Waals surface area contributed by atoms with Crippen molar-refractivity contribution in [3.05, 3.63) is 48.3 Å². The van der Waals surface area contributed by atoms with Gasteiger partial charge in [0.25, 0.3) is 0 Å². The number of ether oxygens (including phenoxy) is 1. The minimum atomic E-state index is -7.34. The van der Waals surface area contributed by atoms with Crippen LogP contribution in [-0.4, -0.2) is 41.5 Å². The third-order valence-electron chi connectivity index (χ3n) is 6.85. The van der Waals surface area contributed by atoms with Gasteiger partial charge < -0.3 is 21.7 Å². The third kappa shape index (κ3) is 9.68. The molecule has 16 heteroatoms. The Kier molecular flexibility index (Phi) is 14.2. The van der Waals surface area contributed by atoms with Crippen molar-refractivity contribution in [3.8, 4) is 5.75 Å². The van der Waals surface area contributed by atoms with Crippen LogP contribution in [0.15, 0.2) is 36.9 Å². The van der Waals surface area contributed by atoms with Crippen molar-refractivity contribution in [2.45, 2.75) is 107 Å². The molecule has 248 valence electrons. The second-order valence-electron chi connectivity index (χ2n) is 10.1. The summed E-state index contributed by atoms with van der Waals surface area (Å²) in [6, 6.07) is 4.28. The number of aryl methyl sites for hydroxylation is 1. The molecule has 0 aliphatic heterocycles. The smallest absolute Gasteiger partial charge is 0.460 e. The van der Waals surface area contributed by atoms with E-state index in [4.69, 9.17) is 4.74 Å². The van der Waals surface area contributed by atoms with Crippen LogP contribution in [0.4, 0.5) is 52.7 Å². The van der Waals surface area contributed by atoms with Crippen LogP contribution in [0, 0.1) is 5.82 Å². The van der Waals surface area contributed by atoms with Gasteiger partial charge in [-0.25, -0.2) is 13.5 Å². The molecule has 0 spiro atoms. The number of hydrogen-bond acceptors (Lipinski definition) is 1. The summed E-state index contributed by atoms with van der Waals surface area (Å²) >= 11 is 0. The number of alkyl halides is 11. The lowest BCUT2D eigenvalue weighted by Gasteiger charge is -2.37. The minimum absolute atomic E-state index is 0. The number of rotatable bonds is 18. The van der Waals surface area contributed by atoms with Crippen LogP contribution in [0.25, 0.3) is 0 Å². The van der Waals surface area contributed by atoms with Crippen LogP contribution < -0.4 is 26.3 Å². The van der Waals surface area contributed by atoms with Crippen molar-refractivity contribution in [3.63, 3.8) is 0 Å². The van der Waals surface area contributed by atoms with Crippen molar-refractivity contribution < 1.29 is 79.0 Å². The maximum absolute atomic E-state index is 13.7. The summed E-state index contributed by atoms with van der Waals surface area (Å²) in [6.45, 7) is 1.16. The SMILES string of the molecule is COc1ccc(F)cc1C[n+]1ccn(CCCCCCCCCCCC(F)(F)C(F)(F)C(F)(F)C(F)(F)C(F)(F)F)c1.[Br-]. The molecule has 0 aliphatic rings. The number of aromatic nitrogens is 2. The van der Waals surface area contributed by atoms with E-state index < -0.39 is 42.7 Å². The summed E-state index contributed by atoms with van der Waals surface area (Å²) in [4.78, 5) is 0. The van der Waals surface area contributed by atoms with Gasteiger partial charge in [0.15, 0.2) is 0 Å². The molecule has 0 N–H and O–H groups in total. The summed E-state index contributed by atoms with van der Waals surface area (Å²) in [5, 5.41) is 0. The Hall–Kier alpha value is -2.13. The van der Waals surface area contributed by atoms with Gasteiger partial charge >= 0.3 is 29.9 Å². The Balaban J connectivity index is 0.00000924. The molecule has 0 amide bonds. The number of nitrogens with zero attached hydrogens (tertiary/aromatic N) is 2. The standard InChI is InChI=1S/C27H33F12N2O.BrH/c1-42-22-12-11-21(28)17-20(22)18-41-16-15-40(19-41)14-10-8-6-4-2-3-5-7-9-13-23(29,30)24(31,32)25(33,34)26(35,36)27(37,38)39;/h11-12,15-17,19H,2-10,13-14,18H2,1H3;1H/q+1;/p-1. The molecule has 0 unspecified atom stereocenters. The fourth-order valence-corrected chi connectivity index (χ4v) is 4.37. The maximum Gasteiger partial charge on any atom is 0.460 e. The van der Waals surface area contributed by atoms with Gasteiger partial charge in [0, 0.05) is 12.0 Å². The first-order valence-corrected chi connectivity index (χ1v) is 13.3. The van der Waals surface area contributed by atoms with E-state index in [9.17, 15) is 52.7 Å². The first-order valence-electron chi connectivity index (χ1n) is 13.3. The molecule has 1 aromatic heterocycles. The van der Waals surface area contributed by atoms with Gasteiger partial charge in [0.05, 0.1) is 13.7 Å². The molecule has 1 aromatic carbocycles. The molecule has 1 heterocycles. The van der Waals surface area contributed by atoms with E-state index in [-0.39, 0.29) is 35.6 Å². The molecule has 0 radical (unpaired) electrons. The van der Waals surface area contributed by atoms with E-state index in [1.165, 1.54) is 19.2 Å². The molecular weight excluding hydrogens is 676 g/mol. The molecule has 0 atom stereocenters. The number of imidazole rings is 1. The normalized spacial score (nSPS) is 13.2. The van der Waals surface area contributed by atoms with Crippen LogP contribution in [-0.2, 0) is 13.1 Å².